The van der Waals surface area contributed by atoms with Gasteiger partial charge in [0.25, 0.3) is 0 Å². The summed E-state index contributed by atoms with van der Waals surface area (Å²) in [7, 11) is -2.91. The third-order valence-corrected chi connectivity index (χ3v) is 5.14. The first-order valence-corrected chi connectivity index (χ1v) is 7.18. The molecule has 0 spiro atoms. The van der Waals surface area contributed by atoms with Gasteiger partial charge in [0.1, 0.15) is 6.26 Å². The van der Waals surface area contributed by atoms with Crippen molar-refractivity contribution in [2.24, 2.45) is 5.73 Å². The maximum absolute atomic E-state index is 11.6. The number of oxazole rings is 1. The molecule has 0 aromatic carbocycles. The van der Waals surface area contributed by atoms with Crippen LogP contribution in [-0.2, 0) is 22.7 Å². The maximum Gasteiger partial charge on any atom is 0.195 e. The Bertz CT molecular complexity index is 452. The highest BCUT2D eigenvalue weighted by molar-refractivity contribution is 7.92. The van der Waals surface area contributed by atoms with Crippen molar-refractivity contribution in [3.8, 4) is 0 Å². The molecule has 5 nitrogen and oxygen atoms in total. The van der Waals surface area contributed by atoms with E-state index in [2.05, 4.69) is 4.98 Å². The van der Waals surface area contributed by atoms with Crippen molar-refractivity contribution in [2.45, 2.75) is 30.9 Å². The molecule has 0 saturated carbocycles. The standard InChI is InChI=1S/C10H16N2O3S/c11-4-3-8-7-15-10(12-8)6-9-2-1-5-16(9,13)14/h7,9H,1-6,11H2. The molecule has 0 bridgehead atoms. The summed E-state index contributed by atoms with van der Waals surface area (Å²) >= 11 is 0. The molecule has 1 aromatic rings. The molecule has 16 heavy (non-hydrogen) atoms. The molecule has 1 unspecified atom stereocenters. The third kappa shape index (κ3) is 2.44. The van der Waals surface area contributed by atoms with Crippen LogP contribution in [0.5, 0.6) is 0 Å². The average Bonchev–Trinajstić information content (AvgIpc) is 2.76. The van der Waals surface area contributed by atoms with Crippen LogP contribution in [0.15, 0.2) is 10.7 Å². The number of sulfone groups is 1. The van der Waals surface area contributed by atoms with Crippen molar-refractivity contribution in [2.75, 3.05) is 12.3 Å². The molecule has 2 rings (SSSR count). The van der Waals surface area contributed by atoms with E-state index in [4.69, 9.17) is 10.2 Å². The summed E-state index contributed by atoms with van der Waals surface area (Å²) in [4.78, 5) is 4.22. The molecule has 1 fully saturated rings. The summed E-state index contributed by atoms with van der Waals surface area (Å²) in [6.45, 7) is 0.522. The lowest BCUT2D eigenvalue weighted by molar-refractivity contribution is 0.482. The minimum atomic E-state index is -2.91. The monoisotopic (exact) mass is 244 g/mol. The van der Waals surface area contributed by atoms with Gasteiger partial charge in [-0.2, -0.15) is 0 Å². The summed E-state index contributed by atoms with van der Waals surface area (Å²) in [6, 6.07) is 0. The lowest BCUT2D eigenvalue weighted by atomic mass is 10.2. The smallest absolute Gasteiger partial charge is 0.195 e. The number of aromatic nitrogens is 1. The first-order chi connectivity index (χ1) is 7.62. The fraction of sp³-hybridized carbons (Fsp3) is 0.700. The van der Waals surface area contributed by atoms with Crippen molar-refractivity contribution >= 4 is 9.84 Å². The highest BCUT2D eigenvalue weighted by Crippen LogP contribution is 2.23. The molecule has 90 valence electrons. The Labute approximate surface area is 95.0 Å². The van der Waals surface area contributed by atoms with E-state index in [1.165, 1.54) is 0 Å². The quantitative estimate of drug-likeness (QED) is 0.823. The van der Waals surface area contributed by atoms with E-state index in [0.717, 1.165) is 18.5 Å². The van der Waals surface area contributed by atoms with Crippen LogP contribution in [0.1, 0.15) is 24.4 Å². The van der Waals surface area contributed by atoms with Gasteiger partial charge in [0.15, 0.2) is 15.7 Å². The topological polar surface area (TPSA) is 86.2 Å². The molecular formula is C10H16N2O3S. The van der Waals surface area contributed by atoms with Crippen LogP contribution in [-0.4, -0.2) is 30.9 Å². The minimum absolute atomic E-state index is 0.300. The summed E-state index contributed by atoms with van der Waals surface area (Å²) in [6.07, 6.45) is 4.10. The highest BCUT2D eigenvalue weighted by atomic mass is 32.2. The maximum atomic E-state index is 11.6. The normalized spacial score (nSPS) is 23.7. The van der Waals surface area contributed by atoms with Crippen LogP contribution in [0.4, 0.5) is 0 Å². The predicted octanol–water partition coefficient (Wildman–Crippen LogP) is 0.296. The Morgan fingerprint density at radius 1 is 1.56 bits per heavy atom. The molecule has 0 amide bonds. The van der Waals surface area contributed by atoms with Crippen molar-refractivity contribution in [3.05, 3.63) is 17.8 Å². The van der Waals surface area contributed by atoms with Gasteiger partial charge in [-0.3, -0.25) is 0 Å². The molecule has 0 radical (unpaired) electrons. The number of nitrogens with two attached hydrogens (primary N) is 1. The SMILES string of the molecule is NCCc1coc(CC2CCCS2(=O)=O)n1. The van der Waals surface area contributed by atoms with E-state index >= 15 is 0 Å². The second-order valence-corrected chi connectivity index (χ2v) is 6.51. The van der Waals surface area contributed by atoms with Crippen molar-refractivity contribution in [1.29, 1.82) is 0 Å². The zero-order valence-corrected chi connectivity index (χ0v) is 9.87. The van der Waals surface area contributed by atoms with Gasteiger partial charge in [-0.25, -0.2) is 13.4 Å². The van der Waals surface area contributed by atoms with Crippen molar-refractivity contribution in [3.63, 3.8) is 0 Å². The number of nitrogens with zero attached hydrogens (tertiary/aromatic N) is 1. The fourth-order valence-electron chi connectivity index (χ4n) is 1.99. The van der Waals surface area contributed by atoms with E-state index in [1.807, 2.05) is 0 Å². The number of hydrogen-bond donors (Lipinski definition) is 1. The molecule has 2 heterocycles. The van der Waals surface area contributed by atoms with E-state index in [-0.39, 0.29) is 5.25 Å². The molecule has 1 aliphatic heterocycles. The Kier molecular flexibility index (Phi) is 3.30. The Morgan fingerprint density at radius 3 is 3.00 bits per heavy atom. The van der Waals surface area contributed by atoms with Gasteiger partial charge >= 0.3 is 0 Å². The second-order valence-electron chi connectivity index (χ2n) is 4.11. The fourth-order valence-corrected chi connectivity index (χ4v) is 3.81. The van der Waals surface area contributed by atoms with Gasteiger partial charge in [-0.05, 0) is 19.4 Å². The number of rotatable bonds is 4. The van der Waals surface area contributed by atoms with Crippen LogP contribution in [0.25, 0.3) is 0 Å². The van der Waals surface area contributed by atoms with Gasteiger partial charge in [0.2, 0.25) is 0 Å². The van der Waals surface area contributed by atoms with Crippen LogP contribution in [0, 0.1) is 0 Å². The molecule has 2 N–H and O–H groups in total. The Hall–Kier alpha value is -0.880. The van der Waals surface area contributed by atoms with Gasteiger partial charge in [-0.1, -0.05) is 0 Å². The summed E-state index contributed by atoms with van der Waals surface area (Å²) in [5, 5.41) is -0.308. The van der Waals surface area contributed by atoms with Crippen LogP contribution in [0.3, 0.4) is 0 Å². The number of hydrogen-bond acceptors (Lipinski definition) is 5. The zero-order valence-electron chi connectivity index (χ0n) is 9.05. The summed E-state index contributed by atoms with van der Waals surface area (Å²) < 4.78 is 28.5. The Morgan fingerprint density at radius 2 is 2.38 bits per heavy atom. The molecule has 1 aliphatic rings. The van der Waals surface area contributed by atoms with Gasteiger partial charge in [0.05, 0.1) is 16.7 Å². The molecule has 1 aromatic heterocycles. The van der Waals surface area contributed by atoms with Gasteiger partial charge < -0.3 is 10.2 Å². The predicted molar refractivity (Wildman–Crippen MR) is 59.8 cm³/mol. The summed E-state index contributed by atoms with van der Waals surface area (Å²) in [5.74, 6) is 0.813. The van der Waals surface area contributed by atoms with E-state index in [9.17, 15) is 8.42 Å². The van der Waals surface area contributed by atoms with Gasteiger partial charge in [0, 0.05) is 12.8 Å². The minimum Gasteiger partial charge on any atom is -0.449 e. The van der Waals surface area contributed by atoms with E-state index < -0.39 is 9.84 Å². The van der Waals surface area contributed by atoms with Crippen LogP contribution in [0.2, 0.25) is 0 Å². The van der Waals surface area contributed by atoms with Crippen molar-refractivity contribution < 1.29 is 12.8 Å². The van der Waals surface area contributed by atoms with E-state index in [0.29, 0.717) is 31.0 Å². The lowest BCUT2D eigenvalue weighted by Crippen LogP contribution is -2.18. The zero-order chi connectivity index (χ0) is 11.6. The summed E-state index contributed by atoms with van der Waals surface area (Å²) in [5.41, 5.74) is 6.20. The molecule has 6 heteroatoms. The molecule has 0 aliphatic carbocycles. The van der Waals surface area contributed by atoms with Crippen LogP contribution < -0.4 is 5.73 Å². The molecule has 1 saturated heterocycles. The molecular weight excluding hydrogens is 228 g/mol. The Balaban J connectivity index is 2.03. The first kappa shape index (κ1) is 11.6. The van der Waals surface area contributed by atoms with E-state index in [1.54, 1.807) is 6.26 Å². The van der Waals surface area contributed by atoms with Gasteiger partial charge in [-0.15, -0.1) is 0 Å². The van der Waals surface area contributed by atoms with Crippen LogP contribution >= 0.6 is 0 Å². The molecule has 1 atom stereocenters. The first-order valence-electron chi connectivity index (χ1n) is 5.47. The average molecular weight is 244 g/mol. The largest absolute Gasteiger partial charge is 0.449 e. The highest BCUT2D eigenvalue weighted by Gasteiger charge is 2.32. The van der Waals surface area contributed by atoms with Crippen molar-refractivity contribution in [1.82, 2.24) is 4.98 Å². The lowest BCUT2D eigenvalue weighted by Gasteiger charge is -2.04. The third-order valence-electron chi connectivity index (χ3n) is 2.86. The second kappa shape index (κ2) is 4.55.